The summed E-state index contributed by atoms with van der Waals surface area (Å²) in [6.07, 6.45) is 4.78. The zero-order chi connectivity index (χ0) is 15.5. The topological polar surface area (TPSA) is 50.1 Å². The average molecular weight is 301 g/mol. The number of aliphatic hydroxyl groups is 1. The summed E-state index contributed by atoms with van der Waals surface area (Å²) in [5.41, 5.74) is 2.27. The highest BCUT2D eigenvalue weighted by atomic mass is 16.3. The monoisotopic (exact) mass is 301 g/mol. The molecular formula is C18H27N3O. The lowest BCUT2D eigenvalue weighted by Gasteiger charge is -2.33. The van der Waals surface area contributed by atoms with Crippen LogP contribution in [0.15, 0.2) is 24.3 Å². The number of nitrogens with zero attached hydrogens (tertiary/aromatic N) is 2. The fourth-order valence-corrected chi connectivity index (χ4v) is 3.80. The minimum atomic E-state index is 0.199. The Kier molecular flexibility index (Phi) is 4.79. The van der Waals surface area contributed by atoms with E-state index >= 15 is 0 Å². The first-order valence-corrected chi connectivity index (χ1v) is 8.56. The lowest BCUT2D eigenvalue weighted by atomic mass is 9.84. The highest BCUT2D eigenvalue weighted by molar-refractivity contribution is 5.76. The van der Waals surface area contributed by atoms with Crippen LogP contribution >= 0.6 is 0 Å². The molecule has 120 valence electrons. The van der Waals surface area contributed by atoms with Gasteiger partial charge in [-0.1, -0.05) is 25.0 Å². The molecule has 1 aromatic heterocycles. The van der Waals surface area contributed by atoms with E-state index in [0.29, 0.717) is 12.0 Å². The van der Waals surface area contributed by atoms with Crippen LogP contribution in [-0.2, 0) is 6.54 Å². The maximum absolute atomic E-state index is 9.60. The van der Waals surface area contributed by atoms with Gasteiger partial charge in [-0.3, -0.25) is 0 Å². The van der Waals surface area contributed by atoms with Gasteiger partial charge in [0.05, 0.1) is 17.1 Å². The number of fused-ring (bicyclic) bond motifs is 1. The van der Waals surface area contributed by atoms with Crippen molar-refractivity contribution in [1.29, 1.82) is 0 Å². The molecule has 3 rings (SSSR count). The zero-order valence-corrected chi connectivity index (χ0v) is 13.6. The van der Waals surface area contributed by atoms with Crippen LogP contribution in [0.4, 0.5) is 0 Å². The molecule has 1 aromatic carbocycles. The van der Waals surface area contributed by atoms with E-state index in [2.05, 4.69) is 41.9 Å². The van der Waals surface area contributed by atoms with Gasteiger partial charge in [0.25, 0.3) is 0 Å². The second-order valence-electron chi connectivity index (χ2n) is 6.42. The number of imidazole rings is 1. The molecule has 4 heteroatoms. The molecule has 3 unspecified atom stereocenters. The van der Waals surface area contributed by atoms with Crippen molar-refractivity contribution in [3.05, 3.63) is 30.1 Å². The Balaban J connectivity index is 1.83. The van der Waals surface area contributed by atoms with Crippen LogP contribution < -0.4 is 5.32 Å². The molecule has 0 spiro atoms. The van der Waals surface area contributed by atoms with Gasteiger partial charge < -0.3 is 15.0 Å². The van der Waals surface area contributed by atoms with E-state index in [1.54, 1.807) is 0 Å². The highest BCUT2D eigenvalue weighted by Crippen LogP contribution is 2.27. The van der Waals surface area contributed by atoms with Crippen LogP contribution in [0.25, 0.3) is 11.0 Å². The molecule has 0 radical (unpaired) electrons. The van der Waals surface area contributed by atoms with Crippen molar-refractivity contribution in [3.8, 4) is 0 Å². The SMILES string of the molecule is CCn1c(C(C)NC2CCCCC2CO)nc2ccccc21. The van der Waals surface area contributed by atoms with Crippen molar-refractivity contribution in [2.75, 3.05) is 6.61 Å². The third-order valence-corrected chi connectivity index (χ3v) is 5.00. The van der Waals surface area contributed by atoms with Crippen molar-refractivity contribution < 1.29 is 5.11 Å². The van der Waals surface area contributed by atoms with Crippen LogP contribution in [0.2, 0.25) is 0 Å². The molecule has 2 N–H and O–H groups in total. The molecule has 0 amide bonds. The Hall–Kier alpha value is -1.39. The molecule has 1 fully saturated rings. The summed E-state index contributed by atoms with van der Waals surface area (Å²) in [6.45, 7) is 5.57. The second-order valence-corrected chi connectivity index (χ2v) is 6.42. The van der Waals surface area contributed by atoms with Gasteiger partial charge >= 0.3 is 0 Å². The molecule has 1 heterocycles. The Morgan fingerprint density at radius 2 is 2.09 bits per heavy atom. The summed E-state index contributed by atoms with van der Waals surface area (Å²) in [6, 6.07) is 8.93. The van der Waals surface area contributed by atoms with Crippen molar-refractivity contribution in [1.82, 2.24) is 14.9 Å². The van der Waals surface area contributed by atoms with Gasteiger partial charge in [0.2, 0.25) is 0 Å². The van der Waals surface area contributed by atoms with E-state index < -0.39 is 0 Å². The second kappa shape index (κ2) is 6.80. The molecule has 2 aromatic rings. The number of hydrogen-bond acceptors (Lipinski definition) is 3. The summed E-state index contributed by atoms with van der Waals surface area (Å²) >= 11 is 0. The van der Waals surface area contributed by atoms with Crippen LogP contribution in [-0.4, -0.2) is 27.3 Å². The van der Waals surface area contributed by atoms with Gasteiger partial charge in [0, 0.05) is 19.2 Å². The number of para-hydroxylation sites is 2. The maximum Gasteiger partial charge on any atom is 0.126 e. The Morgan fingerprint density at radius 1 is 1.32 bits per heavy atom. The molecule has 22 heavy (non-hydrogen) atoms. The molecule has 0 aliphatic heterocycles. The van der Waals surface area contributed by atoms with Crippen LogP contribution in [0.5, 0.6) is 0 Å². The van der Waals surface area contributed by atoms with E-state index in [1.807, 2.05) is 6.07 Å². The van der Waals surface area contributed by atoms with Crippen LogP contribution in [0.3, 0.4) is 0 Å². The number of aromatic nitrogens is 2. The fourth-order valence-electron chi connectivity index (χ4n) is 3.80. The van der Waals surface area contributed by atoms with E-state index in [-0.39, 0.29) is 12.6 Å². The lowest BCUT2D eigenvalue weighted by molar-refractivity contribution is 0.146. The third-order valence-electron chi connectivity index (χ3n) is 5.00. The normalized spacial score (nSPS) is 23.8. The maximum atomic E-state index is 9.60. The van der Waals surface area contributed by atoms with Gasteiger partial charge in [0.15, 0.2) is 0 Å². The van der Waals surface area contributed by atoms with Crippen molar-refractivity contribution >= 4 is 11.0 Å². The first-order valence-electron chi connectivity index (χ1n) is 8.56. The number of aliphatic hydroxyl groups excluding tert-OH is 1. The fraction of sp³-hybridized carbons (Fsp3) is 0.611. The Labute approximate surface area is 132 Å². The number of aryl methyl sites for hydroxylation is 1. The van der Waals surface area contributed by atoms with E-state index in [0.717, 1.165) is 30.7 Å². The Morgan fingerprint density at radius 3 is 2.86 bits per heavy atom. The minimum absolute atomic E-state index is 0.199. The number of hydrogen-bond donors (Lipinski definition) is 2. The van der Waals surface area contributed by atoms with Gasteiger partial charge in [-0.15, -0.1) is 0 Å². The van der Waals surface area contributed by atoms with Crippen LogP contribution in [0.1, 0.15) is 51.4 Å². The molecule has 0 saturated heterocycles. The van der Waals surface area contributed by atoms with Gasteiger partial charge in [-0.2, -0.15) is 0 Å². The zero-order valence-electron chi connectivity index (χ0n) is 13.6. The molecule has 4 nitrogen and oxygen atoms in total. The Bertz CT molecular complexity index is 622. The van der Waals surface area contributed by atoms with Gasteiger partial charge in [0.1, 0.15) is 5.82 Å². The van der Waals surface area contributed by atoms with Crippen molar-refractivity contribution in [2.24, 2.45) is 5.92 Å². The summed E-state index contributed by atoms with van der Waals surface area (Å²) < 4.78 is 2.30. The highest BCUT2D eigenvalue weighted by Gasteiger charge is 2.27. The predicted molar refractivity (Wildman–Crippen MR) is 89.8 cm³/mol. The quantitative estimate of drug-likeness (QED) is 0.891. The molecule has 1 aliphatic carbocycles. The molecule has 1 aliphatic rings. The summed E-state index contributed by atoms with van der Waals surface area (Å²) in [5.74, 6) is 1.49. The third kappa shape index (κ3) is 2.90. The number of rotatable bonds is 5. The van der Waals surface area contributed by atoms with E-state index in [9.17, 15) is 5.11 Å². The first kappa shape index (κ1) is 15.5. The molecule has 0 bridgehead atoms. The van der Waals surface area contributed by atoms with Gasteiger partial charge in [-0.05, 0) is 44.7 Å². The minimum Gasteiger partial charge on any atom is -0.396 e. The summed E-state index contributed by atoms with van der Waals surface area (Å²) in [5, 5.41) is 13.3. The largest absolute Gasteiger partial charge is 0.396 e. The lowest BCUT2D eigenvalue weighted by Crippen LogP contribution is -2.42. The molecular weight excluding hydrogens is 274 g/mol. The van der Waals surface area contributed by atoms with Crippen LogP contribution in [0, 0.1) is 5.92 Å². The summed E-state index contributed by atoms with van der Waals surface area (Å²) in [4.78, 5) is 4.84. The first-order chi connectivity index (χ1) is 10.7. The number of benzene rings is 1. The van der Waals surface area contributed by atoms with E-state index in [4.69, 9.17) is 4.98 Å². The number of nitrogens with one attached hydrogen (secondary N) is 1. The van der Waals surface area contributed by atoms with Crippen molar-refractivity contribution in [2.45, 2.75) is 58.2 Å². The summed E-state index contributed by atoms with van der Waals surface area (Å²) in [7, 11) is 0. The smallest absolute Gasteiger partial charge is 0.126 e. The van der Waals surface area contributed by atoms with Crippen molar-refractivity contribution in [3.63, 3.8) is 0 Å². The molecule has 1 saturated carbocycles. The van der Waals surface area contributed by atoms with E-state index in [1.165, 1.54) is 18.4 Å². The molecule has 3 atom stereocenters. The average Bonchev–Trinajstić information content (AvgIpc) is 2.94. The predicted octanol–water partition coefficient (Wildman–Crippen LogP) is 3.26. The standard InChI is InChI=1S/C18H27N3O/c1-3-21-17-11-7-6-10-16(17)20-18(21)13(2)19-15-9-5-4-8-14(15)12-22/h6-7,10-11,13-15,19,22H,3-5,8-9,12H2,1-2H3. The van der Waals surface area contributed by atoms with Gasteiger partial charge in [-0.25, -0.2) is 4.98 Å².